The maximum atomic E-state index is 9.97. The van der Waals surface area contributed by atoms with E-state index in [4.69, 9.17) is 9.47 Å². The molecule has 1 aromatic carbocycles. The lowest BCUT2D eigenvalue weighted by molar-refractivity contribution is 0.0249. The molecule has 0 amide bonds. The SMILES string of the molecule is Cc1[nH]c2ccc(N/N=C/c3nc(OCC(C)(C)O)nc(N4CCOCC4)n3)cc2c1C. The standard InChI is InChI=1S/C22H29N7O3/c1-14-15(2)24-18-6-5-16(11-17(14)18)28-23-12-19-25-20(29-7-9-31-10-8-29)27-21(26-19)32-13-22(3,4)30/h5-6,11-12,24,28,30H,7-10,13H2,1-4H3/b23-12+. The van der Waals surface area contributed by atoms with Crippen molar-refractivity contribution in [1.29, 1.82) is 0 Å². The van der Waals surface area contributed by atoms with Crippen molar-refractivity contribution in [2.24, 2.45) is 5.10 Å². The van der Waals surface area contributed by atoms with E-state index in [0.717, 1.165) is 22.3 Å². The normalized spacial score (nSPS) is 15.0. The van der Waals surface area contributed by atoms with E-state index in [-0.39, 0.29) is 12.6 Å². The van der Waals surface area contributed by atoms with Crippen LogP contribution in [-0.4, -0.2) is 69.8 Å². The van der Waals surface area contributed by atoms with Crippen LogP contribution < -0.4 is 15.1 Å². The molecule has 0 spiro atoms. The Morgan fingerprint density at radius 3 is 2.78 bits per heavy atom. The topological polar surface area (TPSA) is 121 Å². The molecule has 3 heterocycles. The van der Waals surface area contributed by atoms with E-state index in [9.17, 15) is 5.11 Å². The molecule has 2 aromatic heterocycles. The van der Waals surface area contributed by atoms with Crippen molar-refractivity contribution < 1.29 is 14.6 Å². The van der Waals surface area contributed by atoms with E-state index in [2.05, 4.69) is 50.4 Å². The molecule has 0 atom stereocenters. The number of aryl methyl sites for hydroxylation is 2. The summed E-state index contributed by atoms with van der Waals surface area (Å²) in [5, 5.41) is 15.4. The first kappa shape index (κ1) is 22.0. The number of anilines is 2. The fourth-order valence-electron chi connectivity index (χ4n) is 3.32. The number of aromatic nitrogens is 4. The third-order valence-electron chi connectivity index (χ3n) is 5.15. The Morgan fingerprint density at radius 1 is 1.25 bits per heavy atom. The van der Waals surface area contributed by atoms with E-state index < -0.39 is 5.60 Å². The number of nitrogens with zero attached hydrogens (tertiary/aromatic N) is 5. The van der Waals surface area contributed by atoms with Gasteiger partial charge in [-0.1, -0.05) is 0 Å². The Kier molecular flexibility index (Phi) is 6.24. The van der Waals surface area contributed by atoms with Crippen LogP contribution >= 0.6 is 0 Å². The first-order chi connectivity index (χ1) is 15.3. The van der Waals surface area contributed by atoms with Crippen LogP contribution in [0.5, 0.6) is 6.01 Å². The van der Waals surface area contributed by atoms with E-state index in [1.54, 1.807) is 13.8 Å². The van der Waals surface area contributed by atoms with Crippen molar-refractivity contribution in [3.05, 3.63) is 35.3 Å². The molecule has 170 valence electrons. The number of morpholine rings is 1. The van der Waals surface area contributed by atoms with Gasteiger partial charge >= 0.3 is 6.01 Å². The van der Waals surface area contributed by atoms with Crippen LogP contribution in [-0.2, 0) is 4.74 Å². The number of aromatic amines is 1. The zero-order valence-corrected chi connectivity index (χ0v) is 18.8. The third-order valence-corrected chi connectivity index (χ3v) is 5.15. The maximum Gasteiger partial charge on any atom is 0.321 e. The van der Waals surface area contributed by atoms with Gasteiger partial charge in [0.15, 0.2) is 5.82 Å². The molecule has 0 bridgehead atoms. The second kappa shape index (κ2) is 9.09. The highest BCUT2D eigenvalue weighted by Gasteiger charge is 2.19. The lowest BCUT2D eigenvalue weighted by atomic mass is 10.1. The molecule has 1 saturated heterocycles. The smallest absolute Gasteiger partial charge is 0.321 e. The van der Waals surface area contributed by atoms with Gasteiger partial charge in [0.25, 0.3) is 0 Å². The average Bonchev–Trinajstić information content (AvgIpc) is 3.06. The summed E-state index contributed by atoms with van der Waals surface area (Å²) in [6.07, 6.45) is 1.53. The lowest BCUT2D eigenvalue weighted by Crippen LogP contribution is -2.37. The summed E-state index contributed by atoms with van der Waals surface area (Å²) in [5.41, 5.74) is 6.35. The van der Waals surface area contributed by atoms with Gasteiger partial charge in [-0.25, -0.2) is 0 Å². The third kappa shape index (κ3) is 5.32. The summed E-state index contributed by atoms with van der Waals surface area (Å²) in [6, 6.07) is 6.18. The molecule has 0 radical (unpaired) electrons. The number of hydrogen-bond donors (Lipinski definition) is 3. The minimum atomic E-state index is -1.01. The Balaban J connectivity index is 1.54. The number of H-pyrrole nitrogens is 1. The molecule has 1 aliphatic rings. The summed E-state index contributed by atoms with van der Waals surface area (Å²) < 4.78 is 11.0. The monoisotopic (exact) mass is 439 g/mol. The molecule has 4 rings (SSSR count). The van der Waals surface area contributed by atoms with Gasteiger partial charge in [-0.3, -0.25) is 5.43 Å². The number of nitrogens with one attached hydrogen (secondary N) is 2. The van der Waals surface area contributed by atoms with Gasteiger partial charge in [-0.05, 0) is 51.5 Å². The van der Waals surface area contributed by atoms with Crippen LogP contribution in [0.25, 0.3) is 10.9 Å². The van der Waals surface area contributed by atoms with Crippen molar-refractivity contribution in [2.75, 3.05) is 43.2 Å². The first-order valence-corrected chi connectivity index (χ1v) is 10.6. The number of rotatable bonds is 7. The minimum absolute atomic E-state index is 0.0594. The zero-order chi connectivity index (χ0) is 22.7. The molecule has 0 unspecified atom stereocenters. The second-order valence-corrected chi connectivity index (χ2v) is 8.48. The van der Waals surface area contributed by atoms with Crippen molar-refractivity contribution in [3.8, 4) is 6.01 Å². The molecule has 3 N–H and O–H groups in total. The van der Waals surface area contributed by atoms with Crippen LogP contribution in [0.3, 0.4) is 0 Å². The summed E-state index contributed by atoms with van der Waals surface area (Å²) in [5.74, 6) is 0.852. The van der Waals surface area contributed by atoms with Gasteiger partial charge in [0.05, 0.1) is 30.7 Å². The van der Waals surface area contributed by atoms with Crippen LogP contribution in [0, 0.1) is 13.8 Å². The molecular weight excluding hydrogens is 410 g/mol. The predicted octanol–water partition coefficient (Wildman–Crippen LogP) is 2.40. The highest BCUT2D eigenvalue weighted by Crippen LogP contribution is 2.24. The summed E-state index contributed by atoms with van der Waals surface area (Å²) in [7, 11) is 0. The van der Waals surface area contributed by atoms with Gasteiger partial charge in [0.2, 0.25) is 5.95 Å². The second-order valence-electron chi connectivity index (χ2n) is 8.48. The number of aliphatic hydroxyl groups is 1. The van der Waals surface area contributed by atoms with E-state index in [1.165, 1.54) is 11.8 Å². The molecule has 10 heteroatoms. The number of benzene rings is 1. The first-order valence-electron chi connectivity index (χ1n) is 10.6. The van der Waals surface area contributed by atoms with Crippen molar-refractivity contribution >= 4 is 28.8 Å². The van der Waals surface area contributed by atoms with E-state index in [1.807, 2.05) is 17.0 Å². The van der Waals surface area contributed by atoms with Crippen LogP contribution in [0.15, 0.2) is 23.3 Å². The van der Waals surface area contributed by atoms with Crippen LogP contribution in [0.1, 0.15) is 30.9 Å². The molecule has 0 aliphatic carbocycles. The van der Waals surface area contributed by atoms with Crippen molar-refractivity contribution in [2.45, 2.75) is 33.3 Å². The van der Waals surface area contributed by atoms with Crippen LogP contribution in [0.4, 0.5) is 11.6 Å². The van der Waals surface area contributed by atoms with Gasteiger partial charge in [-0.15, -0.1) is 0 Å². The summed E-state index contributed by atoms with van der Waals surface area (Å²) in [4.78, 5) is 18.6. The van der Waals surface area contributed by atoms with E-state index in [0.29, 0.717) is 38.1 Å². The minimum Gasteiger partial charge on any atom is -0.460 e. The fraction of sp³-hybridized carbons (Fsp3) is 0.455. The quantitative estimate of drug-likeness (QED) is 0.379. The summed E-state index contributed by atoms with van der Waals surface area (Å²) >= 11 is 0. The zero-order valence-electron chi connectivity index (χ0n) is 18.8. The lowest BCUT2D eigenvalue weighted by Gasteiger charge is -2.27. The molecule has 1 fully saturated rings. The molecule has 0 saturated carbocycles. The Morgan fingerprint density at radius 2 is 2.03 bits per heavy atom. The van der Waals surface area contributed by atoms with Crippen molar-refractivity contribution in [1.82, 2.24) is 19.9 Å². The maximum absolute atomic E-state index is 9.97. The fourth-order valence-corrected chi connectivity index (χ4v) is 3.32. The largest absolute Gasteiger partial charge is 0.460 e. The van der Waals surface area contributed by atoms with Gasteiger partial charge in [0, 0.05) is 29.7 Å². The molecule has 10 nitrogen and oxygen atoms in total. The Labute approximate surface area is 186 Å². The predicted molar refractivity (Wildman–Crippen MR) is 124 cm³/mol. The van der Waals surface area contributed by atoms with Gasteiger partial charge in [0.1, 0.15) is 6.61 Å². The highest BCUT2D eigenvalue weighted by atomic mass is 16.5. The van der Waals surface area contributed by atoms with E-state index >= 15 is 0 Å². The molecule has 3 aromatic rings. The Hall–Kier alpha value is -3.24. The van der Waals surface area contributed by atoms with Gasteiger partial charge < -0.3 is 24.5 Å². The Bertz CT molecular complexity index is 1110. The van der Waals surface area contributed by atoms with Crippen molar-refractivity contribution in [3.63, 3.8) is 0 Å². The molecule has 32 heavy (non-hydrogen) atoms. The number of fused-ring (bicyclic) bond motifs is 1. The average molecular weight is 440 g/mol. The summed E-state index contributed by atoms with van der Waals surface area (Å²) in [6.45, 7) is 10.1. The number of ether oxygens (including phenoxy) is 2. The molecule has 1 aliphatic heterocycles. The number of hydrazone groups is 1. The van der Waals surface area contributed by atoms with Crippen LogP contribution in [0.2, 0.25) is 0 Å². The highest BCUT2D eigenvalue weighted by molar-refractivity contribution is 5.87. The van der Waals surface area contributed by atoms with Gasteiger partial charge in [-0.2, -0.15) is 20.1 Å². The number of hydrogen-bond acceptors (Lipinski definition) is 9. The molecular formula is C22H29N7O3.